The highest BCUT2D eigenvalue weighted by molar-refractivity contribution is 6.18. The van der Waals surface area contributed by atoms with E-state index in [4.69, 9.17) is 4.74 Å². The molecule has 2 unspecified atom stereocenters. The Morgan fingerprint density at radius 2 is 2.26 bits per heavy atom. The van der Waals surface area contributed by atoms with Gasteiger partial charge in [-0.15, -0.1) is 0 Å². The number of Topliss-reactive ketones (excluding diaryl/α,β-unsaturated/α-hetero) is 1. The Morgan fingerprint density at radius 3 is 2.96 bits per heavy atom. The Labute approximate surface area is 133 Å². The van der Waals surface area contributed by atoms with Gasteiger partial charge in [-0.2, -0.15) is 0 Å². The topological polar surface area (TPSA) is 101 Å². The van der Waals surface area contributed by atoms with Crippen LogP contribution in [-0.2, 0) is 9.59 Å². The van der Waals surface area contributed by atoms with Gasteiger partial charge >= 0.3 is 0 Å². The molecule has 3 rings (SSSR count). The molecule has 7 heteroatoms. The number of aliphatic hydroxyl groups excluding tert-OH is 1. The number of dihydropyridines is 1. The van der Waals surface area contributed by atoms with E-state index in [2.05, 4.69) is 15.3 Å². The third-order valence-corrected chi connectivity index (χ3v) is 4.08. The number of anilines is 1. The number of hydrogen-bond donors (Lipinski definition) is 2. The molecule has 1 amide bonds. The van der Waals surface area contributed by atoms with Crippen LogP contribution in [0.25, 0.3) is 0 Å². The average molecular weight is 315 g/mol. The maximum atomic E-state index is 12.3. The summed E-state index contributed by atoms with van der Waals surface area (Å²) in [5.74, 6) is -0.607. The Hall–Kier alpha value is -2.70. The fourth-order valence-electron chi connectivity index (χ4n) is 2.86. The van der Waals surface area contributed by atoms with Crippen molar-refractivity contribution in [2.24, 2.45) is 10.9 Å². The second kappa shape index (κ2) is 6.20. The Morgan fingerprint density at radius 1 is 1.43 bits per heavy atom. The molecule has 1 fully saturated rings. The number of aliphatic imine (C=N–C) groups is 1. The third kappa shape index (κ3) is 2.94. The van der Waals surface area contributed by atoms with Crippen molar-refractivity contribution < 1.29 is 19.4 Å². The SMILES string of the molecule is COc1ccc(NC(=O)C2=C(O)C3C(=O)CCCC3N=C2)nc1. The number of carbonyl (C=O) groups is 2. The number of nitrogens with zero attached hydrogens (tertiary/aromatic N) is 2. The van der Waals surface area contributed by atoms with Gasteiger partial charge in [0.15, 0.2) is 0 Å². The molecule has 0 aromatic carbocycles. The van der Waals surface area contributed by atoms with Crippen molar-refractivity contribution in [1.82, 2.24) is 4.98 Å². The summed E-state index contributed by atoms with van der Waals surface area (Å²) in [5, 5.41) is 12.9. The monoisotopic (exact) mass is 315 g/mol. The van der Waals surface area contributed by atoms with Crippen molar-refractivity contribution >= 4 is 23.7 Å². The summed E-state index contributed by atoms with van der Waals surface area (Å²) in [6.07, 6.45) is 4.73. The first kappa shape index (κ1) is 15.2. The van der Waals surface area contributed by atoms with Crippen molar-refractivity contribution in [2.45, 2.75) is 25.3 Å². The molecule has 1 aromatic rings. The van der Waals surface area contributed by atoms with Gasteiger partial charge in [-0.3, -0.25) is 14.6 Å². The standard InChI is InChI=1S/C16H17N3O4/c1-23-9-5-6-13(18-7-9)19-16(22)10-8-17-11-3-2-4-12(20)14(11)15(10)21/h5-8,11,14,21H,2-4H2,1H3,(H,18,19,22). The fourth-order valence-corrected chi connectivity index (χ4v) is 2.86. The lowest BCUT2D eigenvalue weighted by Crippen LogP contribution is -2.37. The van der Waals surface area contributed by atoms with Crippen LogP contribution in [0.2, 0.25) is 0 Å². The van der Waals surface area contributed by atoms with Gasteiger partial charge in [-0.05, 0) is 25.0 Å². The molecule has 2 atom stereocenters. The number of amides is 1. The van der Waals surface area contributed by atoms with Crippen LogP contribution in [0.15, 0.2) is 34.7 Å². The molecular weight excluding hydrogens is 298 g/mol. The average Bonchev–Trinajstić information content (AvgIpc) is 2.55. The van der Waals surface area contributed by atoms with Crippen LogP contribution in [0.4, 0.5) is 5.82 Å². The number of ketones is 1. The summed E-state index contributed by atoms with van der Waals surface area (Å²) in [6.45, 7) is 0. The van der Waals surface area contributed by atoms with Crippen LogP contribution in [0.1, 0.15) is 19.3 Å². The van der Waals surface area contributed by atoms with Gasteiger partial charge in [-0.25, -0.2) is 4.98 Å². The van der Waals surface area contributed by atoms with Gasteiger partial charge in [0.05, 0.1) is 30.8 Å². The molecule has 7 nitrogen and oxygen atoms in total. The van der Waals surface area contributed by atoms with E-state index in [1.165, 1.54) is 19.5 Å². The van der Waals surface area contributed by atoms with Gasteiger partial charge in [-0.1, -0.05) is 0 Å². The van der Waals surface area contributed by atoms with E-state index in [9.17, 15) is 14.7 Å². The zero-order valence-corrected chi connectivity index (χ0v) is 12.7. The van der Waals surface area contributed by atoms with E-state index in [-0.39, 0.29) is 23.2 Å². The number of carbonyl (C=O) groups excluding carboxylic acids is 2. The van der Waals surface area contributed by atoms with Crippen molar-refractivity contribution in [2.75, 3.05) is 12.4 Å². The summed E-state index contributed by atoms with van der Waals surface area (Å²) in [6, 6.07) is 2.99. The van der Waals surface area contributed by atoms with Crippen molar-refractivity contribution in [1.29, 1.82) is 0 Å². The number of aliphatic hydroxyl groups is 1. The van der Waals surface area contributed by atoms with Crippen LogP contribution in [0, 0.1) is 5.92 Å². The minimum atomic E-state index is -0.696. The quantitative estimate of drug-likeness (QED) is 0.883. The summed E-state index contributed by atoms with van der Waals surface area (Å²) in [4.78, 5) is 32.6. The van der Waals surface area contributed by atoms with Crippen molar-refractivity contribution in [3.8, 4) is 5.75 Å². The number of methoxy groups -OCH3 is 1. The predicted octanol–water partition coefficient (Wildman–Crippen LogP) is 1.66. The molecule has 1 aromatic heterocycles. The van der Waals surface area contributed by atoms with Gasteiger partial charge in [0.1, 0.15) is 23.1 Å². The summed E-state index contributed by atoms with van der Waals surface area (Å²) in [5.41, 5.74) is 0.0131. The van der Waals surface area contributed by atoms with E-state index < -0.39 is 11.8 Å². The molecule has 0 saturated heterocycles. The summed E-state index contributed by atoms with van der Waals surface area (Å²) >= 11 is 0. The normalized spacial score (nSPS) is 23.4. The first-order chi connectivity index (χ1) is 11.1. The minimum absolute atomic E-state index is 0.0131. The Kier molecular flexibility index (Phi) is 4.10. The number of hydrogen-bond acceptors (Lipinski definition) is 6. The number of pyridine rings is 1. The van der Waals surface area contributed by atoms with Crippen molar-refractivity contribution in [3.63, 3.8) is 0 Å². The molecular formula is C16H17N3O4. The molecule has 0 bridgehead atoms. The highest BCUT2D eigenvalue weighted by Gasteiger charge is 2.39. The Bertz CT molecular complexity index is 694. The van der Waals surface area contributed by atoms with Gasteiger partial charge in [0.2, 0.25) is 0 Å². The first-order valence-electron chi connectivity index (χ1n) is 7.40. The van der Waals surface area contributed by atoms with Crippen molar-refractivity contribution in [3.05, 3.63) is 29.7 Å². The van der Waals surface area contributed by atoms with Crippen LogP contribution in [-0.4, -0.2) is 41.1 Å². The number of nitrogens with one attached hydrogen (secondary N) is 1. The molecule has 0 radical (unpaired) electrons. The highest BCUT2D eigenvalue weighted by Crippen LogP contribution is 2.32. The van der Waals surface area contributed by atoms with E-state index in [0.29, 0.717) is 18.0 Å². The lowest BCUT2D eigenvalue weighted by molar-refractivity contribution is -0.124. The fraction of sp³-hybridized carbons (Fsp3) is 0.375. The first-order valence-corrected chi connectivity index (χ1v) is 7.40. The zero-order chi connectivity index (χ0) is 16.4. The second-order valence-corrected chi connectivity index (χ2v) is 5.52. The molecule has 2 aliphatic rings. The van der Waals surface area contributed by atoms with E-state index in [0.717, 1.165) is 12.8 Å². The third-order valence-electron chi connectivity index (χ3n) is 4.08. The molecule has 2 N–H and O–H groups in total. The molecule has 120 valence electrons. The molecule has 23 heavy (non-hydrogen) atoms. The van der Waals surface area contributed by atoms with E-state index in [1.54, 1.807) is 12.1 Å². The molecule has 2 heterocycles. The van der Waals surface area contributed by atoms with Crippen LogP contribution >= 0.6 is 0 Å². The predicted molar refractivity (Wildman–Crippen MR) is 83.7 cm³/mol. The number of ether oxygens (including phenoxy) is 1. The molecule has 0 spiro atoms. The number of aromatic nitrogens is 1. The van der Waals surface area contributed by atoms with Crippen LogP contribution in [0.5, 0.6) is 5.75 Å². The summed E-state index contributed by atoms with van der Waals surface area (Å²) < 4.78 is 5.00. The lowest BCUT2D eigenvalue weighted by Gasteiger charge is -2.30. The van der Waals surface area contributed by atoms with Crippen LogP contribution in [0.3, 0.4) is 0 Å². The van der Waals surface area contributed by atoms with E-state index >= 15 is 0 Å². The molecule has 1 aliphatic heterocycles. The second-order valence-electron chi connectivity index (χ2n) is 5.52. The molecule has 1 aliphatic carbocycles. The lowest BCUT2D eigenvalue weighted by atomic mass is 9.80. The maximum absolute atomic E-state index is 12.3. The van der Waals surface area contributed by atoms with E-state index in [1.807, 2.05) is 0 Å². The van der Waals surface area contributed by atoms with Gasteiger partial charge < -0.3 is 15.2 Å². The summed E-state index contributed by atoms with van der Waals surface area (Å²) in [7, 11) is 1.52. The zero-order valence-electron chi connectivity index (χ0n) is 12.7. The number of rotatable bonds is 3. The van der Waals surface area contributed by atoms with Gasteiger partial charge in [0.25, 0.3) is 5.91 Å². The number of fused-ring (bicyclic) bond motifs is 1. The minimum Gasteiger partial charge on any atom is -0.511 e. The Balaban J connectivity index is 1.79. The maximum Gasteiger partial charge on any atom is 0.261 e. The highest BCUT2D eigenvalue weighted by atomic mass is 16.5. The van der Waals surface area contributed by atoms with Gasteiger partial charge in [0, 0.05) is 12.6 Å². The largest absolute Gasteiger partial charge is 0.511 e. The van der Waals surface area contributed by atoms with Crippen LogP contribution < -0.4 is 10.1 Å². The molecule has 1 saturated carbocycles. The smallest absolute Gasteiger partial charge is 0.261 e.